The van der Waals surface area contributed by atoms with Crippen molar-refractivity contribution in [1.82, 2.24) is 5.32 Å². The Labute approximate surface area is 130 Å². The summed E-state index contributed by atoms with van der Waals surface area (Å²) in [6, 6.07) is 17.2. The first kappa shape index (κ1) is 16.0. The normalized spacial score (nSPS) is 11.7. The summed E-state index contributed by atoms with van der Waals surface area (Å²) in [5.41, 5.74) is 1.81. The molecule has 22 heavy (non-hydrogen) atoms. The molecule has 2 aromatic carbocycles. The van der Waals surface area contributed by atoms with E-state index in [1.165, 1.54) is 0 Å². The van der Waals surface area contributed by atoms with Crippen LogP contribution in [0.15, 0.2) is 54.6 Å². The number of hydrogen-bond acceptors (Lipinski definition) is 3. The van der Waals surface area contributed by atoms with E-state index in [1.54, 1.807) is 13.0 Å². The van der Waals surface area contributed by atoms with Crippen LogP contribution < -0.4 is 10.1 Å². The van der Waals surface area contributed by atoms with E-state index in [0.29, 0.717) is 18.8 Å². The van der Waals surface area contributed by atoms with Crippen LogP contribution in [0.5, 0.6) is 5.75 Å². The fourth-order valence-electron chi connectivity index (χ4n) is 2.01. The minimum atomic E-state index is -0.740. The van der Waals surface area contributed by atoms with Crippen LogP contribution in [0, 0.1) is 0 Å². The third-order valence-electron chi connectivity index (χ3n) is 3.30. The van der Waals surface area contributed by atoms with Gasteiger partial charge in [-0.05, 0) is 23.3 Å². The maximum atomic E-state index is 11.2. The van der Waals surface area contributed by atoms with Gasteiger partial charge in [0.1, 0.15) is 12.4 Å². The van der Waals surface area contributed by atoms with Crippen LogP contribution in [0.3, 0.4) is 0 Å². The molecule has 2 rings (SSSR count). The summed E-state index contributed by atoms with van der Waals surface area (Å²) >= 11 is 0. The van der Waals surface area contributed by atoms with Crippen LogP contribution in [0.4, 0.5) is 0 Å². The first-order chi connectivity index (χ1) is 10.7. The molecular formula is C18H21NO3. The number of ether oxygens (including phenoxy) is 1. The Morgan fingerprint density at radius 1 is 1.18 bits per heavy atom. The Bertz CT molecular complexity index is 598. The fraction of sp³-hybridized carbons (Fsp3) is 0.278. The first-order valence-electron chi connectivity index (χ1n) is 7.40. The monoisotopic (exact) mass is 299 g/mol. The van der Waals surface area contributed by atoms with Gasteiger partial charge in [-0.15, -0.1) is 0 Å². The summed E-state index contributed by atoms with van der Waals surface area (Å²) in [4.78, 5) is 11.2. The number of rotatable bonds is 7. The van der Waals surface area contributed by atoms with Crippen molar-refractivity contribution in [3.05, 3.63) is 65.7 Å². The number of carbonyl (C=O) groups excluding carboxylic acids is 1. The van der Waals surface area contributed by atoms with Gasteiger partial charge in [-0.3, -0.25) is 4.79 Å². The average molecular weight is 299 g/mol. The van der Waals surface area contributed by atoms with Crippen LogP contribution in [-0.2, 0) is 11.4 Å². The largest absolute Gasteiger partial charge is 0.489 e. The molecule has 0 aromatic heterocycles. The van der Waals surface area contributed by atoms with Crippen molar-refractivity contribution < 1.29 is 14.6 Å². The lowest BCUT2D eigenvalue weighted by Gasteiger charge is -2.13. The standard InChI is InChI=1S/C18H21NO3/c1-2-18(21)19-12-17(20)15-9-6-10-16(11-15)22-13-14-7-4-3-5-8-14/h3-11,17,20H,2,12-13H2,1H3,(H,19,21). The molecule has 1 amide bonds. The van der Waals surface area contributed by atoms with Gasteiger partial charge >= 0.3 is 0 Å². The molecule has 1 atom stereocenters. The number of hydrogen-bond donors (Lipinski definition) is 2. The van der Waals surface area contributed by atoms with Gasteiger partial charge in [0, 0.05) is 13.0 Å². The highest BCUT2D eigenvalue weighted by molar-refractivity contribution is 5.75. The summed E-state index contributed by atoms with van der Waals surface area (Å²) in [5, 5.41) is 12.8. The molecule has 116 valence electrons. The Balaban J connectivity index is 1.93. The zero-order valence-electron chi connectivity index (χ0n) is 12.7. The van der Waals surface area contributed by atoms with Crippen molar-refractivity contribution in [3.8, 4) is 5.75 Å². The quantitative estimate of drug-likeness (QED) is 0.826. The molecule has 0 heterocycles. The average Bonchev–Trinajstić information content (AvgIpc) is 2.58. The molecule has 0 aliphatic rings. The van der Waals surface area contributed by atoms with Crippen molar-refractivity contribution >= 4 is 5.91 Å². The maximum Gasteiger partial charge on any atom is 0.219 e. The van der Waals surface area contributed by atoms with Crippen LogP contribution in [-0.4, -0.2) is 17.6 Å². The molecule has 2 N–H and O–H groups in total. The Morgan fingerprint density at radius 2 is 1.95 bits per heavy atom. The Kier molecular flexibility index (Phi) is 5.98. The summed E-state index contributed by atoms with van der Waals surface area (Å²) < 4.78 is 5.73. The molecule has 0 saturated carbocycles. The minimum absolute atomic E-state index is 0.0736. The number of nitrogens with one attached hydrogen (secondary N) is 1. The number of carbonyl (C=O) groups is 1. The second kappa shape index (κ2) is 8.20. The smallest absolute Gasteiger partial charge is 0.219 e. The third-order valence-corrected chi connectivity index (χ3v) is 3.30. The molecule has 2 aromatic rings. The molecule has 0 radical (unpaired) electrons. The van der Waals surface area contributed by atoms with Crippen molar-refractivity contribution in [2.75, 3.05) is 6.54 Å². The molecule has 4 nitrogen and oxygen atoms in total. The minimum Gasteiger partial charge on any atom is -0.489 e. The number of aliphatic hydroxyl groups is 1. The van der Waals surface area contributed by atoms with Crippen molar-refractivity contribution in [1.29, 1.82) is 0 Å². The van der Waals surface area contributed by atoms with E-state index in [1.807, 2.05) is 48.5 Å². The molecule has 0 spiro atoms. The van der Waals surface area contributed by atoms with E-state index < -0.39 is 6.10 Å². The lowest BCUT2D eigenvalue weighted by molar-refractivity contribution is -0.121. The van der Waals surface area contributed by atoms with Crippen molar-refractivity contribution in [2.45, 2.75) is 26.1 Å². The zero-order valence-corrected chi connectivity index (χ0v) is 12.7. The lowest BCUT2D eigenvalue weighted by atomic mass is 10.1. The van der Waals surface area contributed by atoms with Crippen molar-refractivity contribution in [3.63, 3.8) is 0 Å². The van der Waals surface area contributed by atoms with Gasteiger partial charge in [-0.2, -0.15) is 0 Å². The molecule has 4 heteroatoms. The van der Waals surface area contributed by atoms with E-state index in [0.717, 1.165) is 11.1 Å². The molecular weight excluding hydrogens is 278 g/mol. The van der Waals surface area contributed by atoms with E-state index in [-0.39, 0.29) is 12.5 Å². The molecule has 0 saturated heterocycles. The first-order valence-corrected chi connectivity index (χ1v) is 7.40. The summed E-state index contributed by atoms with van der Waals surface area (Å²) in [6.07, 6.45) is -0.330. The SMILES string of the molecule is CCC(=O)NCC(O)c1cccc(OCc2ccccc2)c1. The van der Waals surface area contributed by atoms with E-state index in [4.69, 9.17) is 4.74 Å². The van der Waals surface area contributed by atoms with Gasteiger partial charge in [0.2, 0.25) is 5.91 Å². The van der Waals surface area contributed by atoms with Crippen LogP contribution in [0.25, 0.3) is 0 Å². The predicted molar refractivity (Wildman–Crippen MR) is 85.5 cm³/mol. The summed E-state index contributed by atoms with van der Waals surface area (Å²) in [5.74, 6) is 0.623. The number of aliphatic hydroxyl groups excluding tert-OH is 1. The van der Waals surface area contributed by atoms with Gasteiger partial charge in [-0.1, -0.05) is 49.4 Å². The predicted octanol–water partition coefficient (Wildman–Crippen LogP) is 2.83. The Hall–Kier alpha value is -2.33. The van der Waals surface area contributed by atoms with Gasteiger partial charge < -0.3 is 15.2 Å². The maximum absolute atomic E-state index is 11.2. The highest BCUT2D eigenvalue weighted by Crippen LogP contribution is 2.20. The van der Waals surface area contributed by atoms with E-state index >= 15 is 0 Å². The number of amides is 1. The fourth-order valence-corrected chi connectivity index (χ4v) is 2.01. The highest BCUT2D eigenvalue weighted by Gasteiger charge is 2.09. The molecule has 0 bridgehead atoms. The van der Waals surface area contributed by atoms with Crippen LogP contribution in [0.1, 0.15) is 30.6 Å². The van der Waals surface area contributed by atoms with Crippen LogP contribution >= 0.6 is 0 Å². The second-order valence-corrected chi connectivity index (χ2v) is 5.02. The number of benzene rings is 2. The molecule has 1 unspecified atom stereocenters. The topological polar surface area (TPSA) is 58.6 Å². The third kappa shape index (κ3) is 4.90. The van der Waals surface area contributed by atoms with Gasteiger partial charge in [0.25, 0.3) is 0 Å². The van der Waals surface area contributed by atoms with Gasteiger partial charge in [0.05, 0.1) is 6.10 Å². The van der Waals surface area contributed by atoms with E-state index in [9.17, 15) is 9.90 Å². The Morgan fingerprint density at radius 3 is 2.68 bits per heavy atom. The molecule has 0 aliphatic carbocycles. The zero-order chi connectivity index (χ0) is 15.8. The van der Waals surface area contributed by atoms with Gasteiger partial charge in [-0.25, -0.2) is 0 Å². The van der Waals surface area contributed by atoms with Crippen LogP contribution in [0.2, 0.25) is 0 Å². The molecule has 0 aliphatic heterocycles. The van der Waals surface area contributed by atoms with E-state index in [2.05, 4.69) is 5.32 Å². The van der Waals surface area contributed by atoms with Gasteiger partial charge in [0.15, 0.2) is 0 Å². The van der Waals surface area contributed by atoms with Crippen molar-refractivity contribution in [2.24, 2.45) is 0 Å². The second-order valence-electron chi connectivity index (χ2n) is 5.02. The highest BCUT2D eigenvalue weighted by atomic mass is 16.5. The molecule has 0 fully saturated rings. The summed E-state index contributed by atoms with van der Waals surface area (Å²) in [7, 11) is 0. The lowest BCUT2D eigenvalue weighted by Crippen LogP contribution is -2.27. The summed E-state index contributed by atoms with van der Waals surface area (Å²) in [6.45, 7) is 2.46.